The Balaban J connectivity index is 1.88. The highest BCUT2D eigenvalue weighted by molar-refractivity contribution is 7.99. The van der Waals surface area contributed by atoms with Crippen molar-refractivity contribution in [3.8, 4) is 0 Å². The minimum Gasteiger partial charge on any atom is -0.392 e. The molecule has 0 fully saturated rings. The summed E-state index contributed by atoms with van der Waals surface area (Å²) in [5, 5.41) is 10.6. The van der Waals surface area contributed by atoms with Gasteiger partial charge in [0, 0.05) is 21.7 Å². The molecule has 0 aromatic heterocycles. The summed E-state index contributed by atoms with van der Waals surface area (Å²) in [7, 11) is 0. The van der Waals surface area contributed by atoms with Gasteiger partial charge in [-0.15, -0.1) is 11.8 Å². The maximum absolute atomic E-state index is 13.0. The van der Waals surface area contributed by atoms with Crippen LogP contribution in [0.3, 0.4) is 0 Å². The van der Waals surface area contributed by atoms with Crippen molar-refractivity contribution in [3.63, 3.8) is 0 Å². The lowest BCUT2D eigenvalue weighted by molar-refractivity contribution is 0.200. The SMILES string of the molecule is OC(CSc1ccc(Cl)cc1)Cc1cc(F)cc(F)c1. The van der Waals surface area contributed by atoms with Crippen LogP contribution >= 0.6 is 23.4 Å². The number of hydrogen-bond donors (Lipinski definition) is 1. The zero-order valence-corrected chi connectivity index (χ0v) is 12.1. The van der Waals surface area contributed by atoms with Gasteiger partial charge in [0.2, 0.25) is 0 Å². The van der Waals surface area contributed by atoms with Gasteiger partial charge in [0.15, 0.2) is 0 Å². The lowest BCUT2D eigenvalue weighted by Gasteiger charge is -2.10. The minimum atomic E-state index is -0.670. The number of thioether (sulfide) groups is 1. The first-order valence-electron chi connectivity index (χ1n) is 6.04. The quantitative estimate of drug-likeness (QED) is 0.830. The molecule has 1 nitrogen and oxygen atoms in total. The number of rotatable bonds is 5. The second-order valence-corrected chi connectivity index (χ2v) is 5.93. The number of benzene rings is 2. The first kappa shape index (κ1) is 15.3. The van der Waals surface area contributed by atoms with Crippen LogP contribution in [0.1, 0.15) is 5.56 Å². The molecule has 1 atom stereocenters. The van der Waals surface area contributed by atoms with E-state index in [1.165, 1.54) is 23.9 Å². The molecule has 5 heteroatoms. The molecule has 0 saturated carbocycles. The molecule has 1 unspecified atom stereocenters. The standard InChI is InChI=1S/C15H13ClF2OS/c16-11-1-3-15(4-2-11)20-9-14(19)7-10-5-12(17)8-13(18)6-10/h1-6,8,14,19H,7,9H2. The van der Waals surface area contributed by atoms with Gasteiger partial charge in [-0.25, -0.2) is 8.78 Å². The second-order valence-electron chi connectivity index (χ2n) is 4.40. The van der Waals surface area contributed by atoms with Crippen molar-refractivity contribution in [3.05, 3.63) is 64.7 Å². The van der Waals surface area contributed by atoms with Crippen LogP contribution in [0.5, 0.6) is 0 Å². The lowest BCUT2D eigenvalue weighted by atomic mass is 10.1. The Kier molecular flexibility index (Phi) is 5.40. The fraction of sp³-hybridized carbons (Fsp3) is 0.200. The third-order valence-electron chi connectivity index (χ3n) is 2.65. The van der Waals surface area contributed by atoms with E-state index in [4.69, 9.17) is 11.6 Å². The Hall–Kier alpha value is -1.10. The molecule has 0 heterocycles. The first-order valence-corrected chi connectivity index (χ1v) is 7.40. The molecular weight excluding hydrogens is 302 g/mol. The van der Waals surface area contributed by atoms with Crippen LogP contribution in [-0.2, 0) is 6.42 Å². The smallest absolute Gasteiger partial charge is 0.126 e. The molecule has 20 heavy (non-hydrogen) atoms. The van der Waals surface area contributed by atoms with Gasteiger partial charge < -0.3 is 5.11 Å². The van der Waals surface area contributed by atoms with Gasteiger partial charge in [-0.1, -0.05) is 11.6 Å². The summed E-state index contributed by atoms with van der Waals surface area (Å²) in [6.07, 6.45) is -0.452. The predicted molar refractivity (Wildman–Crippen MR) is 78.2 cm³/mol. The van der Waals surface area contributed by atoms with E-state index in [1.807, 2.05) is 12.1 Å². The molecule has 0 amide bonds. The van der Waals surface area contributed by atoms with Crippen LogP contribution in [0.2, 0.25) is 5.02 Å². The maximum atomic E-state index is 13.0. The van der Waals surface area contributed by atoms with Crippen LogP contribution in [0.15, 0.2) is 47.4 Å². The fourth-order valence-corrected chi connectivity index (χ4v) is 2.74. The van der Waals surface area contributed by atoms with Crippen LogP contribution in [0, 0.1) is 11.6 Å². The van der Waals surface area contributed by atoms with Crippen molar-refractivity contribution in [2.24, 2.45) is 0 Å². The average molecular weight is 315 g/mol. The Morgan fingerprint density at radius 1 is 1.05 bits per heavy atom. The lowest BCUT2D eigenvalue weighted by Crippen LogP contribution is -2.13. The Morgan fingerprint density at radius 2 is 1.65 bits per heavy atom. The summed E-state index contributed by atoms with van der Waals surface area (Å²) in [6, 6.07) is 10.6. The van der Waals surface area contributed by atoms with Crippen LogP contribution in [-0.4, -0.2) is 17.0 Å². The molecule has 0 spiro atoms. The summed E-state index contributed by atoms with van der Waals surface area (Å²) in [5.41, 5.74) is 0.451. The molecule has 0 saturated heterocycles. The summed E-state index contributed by atoms with van der Waals surface area (Å²) >= 11 is 7.25. The van der Waals surface area contributed by atoms with Crippen LogP contribution in [0.25, 0.3) is 0 Å². The zero-order chi connectivity index (χ0) is 14.5. The Bertz CT molecular complexity index is 554. The normalized spacial score (nSPS) is 12.4. The summed E-state index contributed by atoms with van der Waals surface area (Å²) < 4.78 is 26.1. The molecule has 0 bridgehead atoms. The molecule has 1 N–H and O–H groups in total. The van der Waals surface area contributed by atoms with E-state index in [0.717, 1.165) is 11.0 Å². The second kappa shape index (κ2) is 7.07. The highest BCUT2D eigenvalue weighted by Crippen LogP contribution is 2.22. The number of aliphatic hydroxyl groups excluding tert-OH is 1. The van der Waals surface area contributed by atoms with E-state index in [-0.39, 0.29) is 6.42 Å². The van der Waals surface area contributed by atoms with E-state index in [1.54, 1.807) is 12.1 Å². The Labute approximate surface area is 125 Å². The molecule has 2 rings (SSSR count). The van der Waals surface area contributed by atoms with E-state index < -0.39 is 17.7 Å². The first-order chi connectivity index (χ1) is 9.52. The molecule has 2 aromatic carbocycles. The minimum absolute atomic E-state index is 0.218. The Morgan fingerprint density at radius 3 is 2.25 bits per heavy atom. The van der Waals surface area contributed by atoms with Gasteiger partial charge >= 0.3 is 0 Å². The maximum Gasteiger partial charge on any atom is 0.126 e. The van der Waals surface area contributed by atoms with Crippen molar-refractivity contribution < 1.29 is 13.9 Å². The van der Waals surface area contributed by atoms with Gasteiger partial charge in [-0.05, 0) is 48.4 Å². The molecule has 0 aliphatic carbocycles. The average Bonchev–Trinajstić information content (AvgIpc) is 2.37. The third-order valence-corrected chi connectivity index (χ3v) is 4.06. The highest BCUT2D eigenvalue weighted by Gasteiger charge is 2.09. The monoisotopic (exact) mass is 314 g/mol. The fourth-order valence-electron chi connectivity index (χ4n) is 1.78. The van der Waals surface area contributed by atoms with Crippen molar-refractivity contribution >= 4 is 23.4 Å². The summed E-state index contributed by atoms with van der Waals surface area (Å²) in [5.74, 6) is -0.810. The highest BCUT2D eigenvalue weighted by atomic mass is 35.5. The molecule has 0 radical (unpaired) electrons. The number of hydrogen-bond acceptors (Lipinski definition) is 2. The number of halogens is 3. The van der Waals surface area contributed by atoms with Gasteiger partial charge in [0.05, 0.1) is 6.10 Å². The predicted octanol–water partition coefficient (Wildman–Crippen LogP) is 4.31. The summed E-state index contributed by atoms with van der Waals surface area (Å²) in [4.78, 5) is 0.985. The van der Waals surface area contributed by atoms with Gasteiger partial charge in [-0.2, -0.15) is 0 Å². The zero-order valence-electron chi connectivity index (χ0n) is 10.5. The van der Waals surface area contributed by atoms with Crippen LogP contribution < -0.4 is 0 Å². The van der Waals surface area contributed by atoms with Crippen LogP contribution in [0.4, 0.5) is 8.78 Å². The molecular formula is C15H13ClF2OS. The van der Waals surface area contributed by atoms with E-state index in [0.29, 0.717) is 16.3 Å². The molecule has 0 aliphatic heterocycles. The van der Waals surface area contributed by atoms with Gasteiger partial charge in [0.1, 0.15) is 11.6 Å². The van der Waals surface area contributed by atoms with Crippen molar-refractivity contribution in [1.82, 2.24) is 0 Å². The van der Waals surface area contributed by atoms with Crippen molar-refractivity contribution in [2.75, 3.05) is 5.75 Å². The van der Waals surface area contributed by atoms with E-state index in [9.17, 15) is 13.9 Å². The molecule has 2 aromatic rings. The summed E-state index contributed by atoms with van der Waals surface area (Å²) in [6.45, 7) is 0. The third kappa shape index (κ3) is 4.78. The van der Waals surface area contributed by atoms with Crippen molar-refractivity contribution in [1.29, 1.82) is 0 Å². The van der Waals surface area contributed by atoms with Gasteiger partial charge in [0.25, 0.3) is 0 Å². The molecule has 106 valence electrons. The van der Waals surface area contributed by atoms with Gasteiger partial charge in [-0.3, -0.25) is 0 Å². The number of aliphatic hydroxyl groups is 1. The molecule has 0 aliphatic rings. The largest absolute Gasteiger partial charge is 0.392 e. The van der Waals surface area contributed by atoms with E-state index >= 15 is 0 Å². The topological polar surface area (TPSA) is 20.2 Å². The van der Waals surface area contributed by atoms with E-state index in [2.05, 4.69) is 0 Å². The van der Waals surface area contributed by atoms with Crippen molar-refractivity contribution in [2.45, 2.75) is 17.4 Å².